The average molecular weight is 521 g/mol. The van der Waals surface area contributed by atoms with Crippen molar-refractivity contribution < 1.29 is 32.9 Å². The van der Waals surface area contributed by atoms with Crippen molar-refractivity contribution in [3.63, 3.8) is 0 Å². The predicted molar refractivity (Wildman–Crippen MR) is 121 cm³/mol. The fourth-order valence-corrected chi connectivity index (χ4v) is 6.01. The molecule has 3 aromatic rings. The molecule has 1 aromatic carbocycles. The van der Waals surface area contributed by atoms with E-state index in [-0.39, 0.29) is 28.8 Å². The van der Waals surface area contributed by atoms with Crippen LogP contribution < -0.4 is 0 Å². The number of aromatic nitrogens is 6. The summed E-state index contributed by atoms with van der Waals surface area (Å²) in [6, 6.07) is 1.99. The molecule has 0 amide bonds. The lowest BCUT2D eigenvalue weighted by atomic mass is 9.47. The molecule has 7 rings (SSSR count). The zero-order valence-corrected chi connectivity index (χ0v) is 20.3. The fourth-order valence-electron chi connectivity index (χ4n) is 6.01. The molecule has 4 aliphatic rings. The smallest absolute Gasteiger partial charge is 0.168 e. The number of aryl methyl sites for hydroxylation is 1. The first kappa shape index (κ1) is 24.5. The van der Waals surface area contributed by atoms with Crippen molar-refractivity contribution in [1.29, 1.82) is 0 Å². The van der Waals surface area contributed by atoms with E-state index in [2.05, 4.69) is 20.6 Å². The maximum Gasteiger partial charge on any atom is 0.168 e. The highest BCUT2D eigenvalue weighted by Gasteiger charge is 2.71. The molecule has 0 unspecified atom stereocenters. The summed E-state index contributed by atoms with van der Waals surface area (Å²) in [5, 5.41) is 37.4. The van der Waals surface area contributed by atoms with E-state index in [9.17, 15) is 23.4 Å². The van der Waals surface area contributed by atoms with Gasteiger partial charge in [0.05, 0.1) is 30.1 Å². The van der Waals surface area contributed by atoms with E-state index in [0.29, 0.717) is 25.0 Å². The molecule has 3 saturated carbocycles. The molecule has 2 aromatic heterocycles. The molecule has 4 fully saturated rings. The van der Waals surface area contributed by atoms with Gasteiger partial charge in [-0.1, -0.05) is 16.5 Å². The van der Waals surface area contributed by atoms with Gasteiger partial charge in [-0.15, -0.1) is 10.2 Å². The highest BCUT2D eigenvalue weighted by atomic mass is 19.2. The zero-order chi connectivity index (χ0) is 26.1. The Bertz CT molecular complexity index is 1310. The molecular formula is C24H27F3N6O4. The maximum atomic E-state index is 14.6. The van der Waals surface area contributed by atoms with Gasteiger partial charge in [-0.25, -0.2) is 22.5 Å². The van der Waals surface area contributed by atoms with Crippen LogP contribution in [-0.4, -0.2) is 84.0 Å². The lowest BCUT2D eigenvalue weighted by molar-refractivity contribution is -0.212. The summed E-state index contributed by atoms with van der Waals surface area (Å²) in [5.74, 6) is -2.01. The molecule has 0 spiro atoms. The summed E-state index contributed by atoms with van der Waals surface area (Å²) >= 11 is 0. The van der Waals surface area contributed by atoms with E-state index in [1.165, 1.54) is 37.0 Å². The number of methoxy groups -OCH3 is 1. The fraction of sp³-hybridized carbons (Fsp3) is 0.583. The van der Waals surface area contributed by atoms with E-state index in [1.54, 1.807) is 10.9 Å². The van der Waals surface area contributed by atoms with E-state index in [0.717, 1.165) is 0 Å². The molecule has 1 saturated heterocycles. The van der Waals surface area contributed by atoms with E-state index in [1.807, 2.05) is 0 Å². The van der Waals surface area contributed by atoms with Gasteiger partial charge in [-0.3, -0.25) is 0 Å². The van der Waals surface area contributed by atoms with Crippen molar-refractivity contribution in [2.75, 3.05) is 13.7 Å². The molecular weight excluding hydrogens is 493 g/mol. The van der Waals surface area contributed by atoms with E-state index >= 15 is 0 Å². The van der Waals surface area contributed by atoms with Crippen LogP contribution in [0.4, 0.5) is 13.2 Å². The van der Waals surface area contributed by atoms with E-state index < -0.39 is 54.4 Å². The van der Waals surface area contributed by atoms with Crippen molar-refractivity contribution >= 4 is 0 Å². The average Bonchev–Trinajstić information content (AvgIpc) is 3.50. The van der Waals surface area contributed by atoms with Gasteiger partial charge in [0.15, 0.2) is 11.6 Å². The van der Waals surface area contributed by atoms with Crippen LogP contribution in [0.2, 0.25) is 0 Å². The van der Waals surface area contributed by atoms with Gasteiger partial charge in [0, 0.05) is 44.6 Å². The second kappa shape index (κ2) is 8.58. The van der Waals surface area contributed by atoms with Gasteiger partial charge in [-0.05, 0) is 18.6 Å². The number of benzene rings is 1. The number of hydrogen-bond donors (Lipinski definition) is 2. The van der Waals surface area contributed by atoms with Crippen LogP contribution in [0.15, 0.2) is 24.5 Å². The van der Waals surface area contributed by atoms with Gasteiger partial charge in [0.2, 0.25) is 0 Å². The number of ether oxygens (including phenoxy) is 2. The lowest BCUT2D eigenvalue weighted by Crippen LogP contribution is -2.70. The summed E-state index contributed by atoms with van der Waals surface area (Å²) in [4.78, 5) is 0. The lowest BCUT2D eigenvalue weighted by Gasteiger charge is -2.64. The van der Waals surface area contributed by atoms with Gasteiger partial charge in [0.25, 0.3) is 0 Å². The Hall–Kier alpha value is -2.87. The van der Waals surface area contributed by atoms with Gasteiger partial charge in [-0.2, -0.15) is 0 Å². The molecule has 0 radical (unpaired) electrons. The molecule has 3 heterocycles. The number of alkyl halides is 1. The monoisotopic (exact) mass is 520 g/mol. The minimum absolute atomic E-state index is 0.0691. The third-order valence-corrected chi connectivity index (χ3v) is 7.98. The van der Waals surface area contributed by atoms with Crippen molar-refractivity contribution in [3.05, 3.63) is 47.4 Å². The topological polar surface area (TPSA) is 120 Å². The zero-order valence-electron chi connectivity index (χ0n) is 20.3. The normalized spacial score (nSPS) is 34.7. The third kappa shape index (κ3) is 3.78. The van der Waals surface area contributed by atoms with Crippen LogP contribution in [0, 0.1) is 18.6 Å². The van der Waals surface area contributed by atoms with Crippen LogP contribution >= 0.6 is 0 Å². The number of hydrogen-bond acceptors (Lipinski definition) is 8. The third-order valence-electron chi connectivity index (χ3n) is 7.98. The number of aliphatic hydroxyl groups excluding tert-OH is 2. The molecule has 198 valence electrons. The predicted octanol–water partition coefficient (Wildman–Crippen LogP) is 1.64. The minimum atomic E-state index is -1.24. The van der Waals surface area contributed by atoms with Crippen LogP contribution in [0.5, 0.6) is 0 Å². The maximum absolute atomic E-state index is 14.6. The summed E-state index contributed by atoms with van der Waals surface area (Å²) in [6.07, 6.45) is 1.08. The van der Waals surface area contributed by atoms with Crippen LogP contribution in [-0.2, 0) is 21.4 Å². The largest absolute Gasteiger partial charge is 0.394 e. The van der Waals surface area contributed by atoms with Crippen LogP contribution in [0.3, 0.4) is 0 Å². The van der Waals surface area contributed by atoms with E-state index in [4.69, 9.17) is 9.47 Å². The quantitative estimate of drug-likeness (QED) is 0.483. The Labute approximate surface area is 210 Å². The standard InChI is InChI=1S/C24H27F3N6O4/c1-12-3-4-14(19(26)18(12)25)15-7-32(30-29-15)20-21(35)17(8-34)37-16(22(20)36-2)5-13-6-33(31-28-13)24-9-23(27,10-24)11-24/h3-4,6-7,16-17,20-22,34-35H,5,8-11H2,1-2H3/t16-,17-,20+,21+,22+,23?,24?/m1/s1. The molecule has 37 heavy (non-hydrogen) atoms. The Morgan fingerprint density at radius 3 is 2.54 bits per heavy atom. The highest BCUT2D eigenvalue weighted by Crippen LogP contribution is 2.67. The van der Waals surface area contributed by atoms with Gasteiger partial charge in [0.1, 0.15) is 35.7 Å². The first-order valence-corrected chi connectivity index (χ1v) is 12.1. The molecule has 10 nitrogen and oxygen atoms in total. The number of aliphatic hydroxyl groups is 2. The molecule has 13 heteroatoms. The van der Waals surface area contributed by atoms with Crippen molar-refractivity contribution in [2.24, 2.45) is 0 Å². The molecule has 5 atom stereocenters. The molecule has 1 aliphatic heterocycles. The Kier molecular flexibility index (Phi) is 5.67. The minimum Gasteiger partial charge on any atom is -0.394 e. The number of nitrogens with zero attached hydrogens (tertiary/aromatic N) is 6. The summed E-state index contributed by atoms with van der Waals surface area (Å²) in [6.45, 7) is 0.985. The van der Waals surface area contributed by atoms with Crippen LogP contribution in [0.25, 0.3) is 11.3 Å². The highest BCUT2D eigenvalue weighted by molar-refractivity contribution is 5.59. The molecule has 2 N–H and O–H groups in total. The second-order valence-electron chi connectivity index (χ2n) is 10.5. The van der Waals surface area contributed by atoms with Crippen molar-refractivity contribution in [2.45, 2.75) is 74.3 Å². The number of rotatable bonds is 7. The first-order valence-electron chi connectivity index (χ1n) is 12.1. The Morgan fingerprint density at radius 1 is 1.11 bits per heavy atom. The van der Waals surface area contributed by atoms with Crippen molar-refractivity contribution in [3.8, 4) is 11.3 Å². The molecule has 2 bridgehead atoms. The van der Waals surface area contributed by atoms with Crippen molar-refractivity contribution in [1.82, 2.24) is 30.0 Å². The van der Waals surface area contributed by atoms with Gasteiger partial charge >= 0.3 is 0 Å². The SMILES string of the molecule is CO[C@@H]1[C@@H](n2cc(-c3ccc(C)c(F)c3F)nn2)[C@@H](O)[C@@H](CO)O[C@@H]1Cc1cn(C23CC(F)(C2)C3)nn1. The molecule has 3 aliphatic carbocycles. The summed E-state index contributed by atoms with van der Waals surface area (Å²) in [7, 11) is 1.45. The van der Waals surface area contributed by atoms with Gasteiger partial charge < -0.3 is 19.7 Å². The van der Waals surface area contributed by atoms with Crippen LogP contribution in [0.1, 0.15) is 36.6 Å². The second-order valence-corrected chi connectivity index (χ2v) is 10.5. The summed E-state index contributed by atoms with van der Waals surface area (Å²) in [5.41, 5.74) is -0.608. The number of halogens is 3. The Morgan fingerprint density at radius 2 is 1.86 bits per heavy atom. The Balaban J connectivity index is 1.27. The summed E-state index contributed by atoms with van der Waals surface area (Å²) < 4.78 is 57.4. The first-order chi connectivity index (χ1) is 17.7.